The van der Waals surface area contributed by atoms with Crippen molar-refractivity contribution in [3.8, 4) is 0 Å². The number of piperazine rings is 1. The van der Waals surface area contributed by atoms with Gasteiger partial charge in [-0.3, -0.25) is 34.1 Å². The number of anilines is 3. The molecule has 3 N–H and O–H groups in total. The number of nitrogens with one attached hydrogen (secondary N) is 3. The zero-order chi connectivity index (χ0) is 41.8. The first-order chi connectivity index (χ1) is 29.6. The minimum absolute atomic E-state index is 0.0163. The van der Waals surface area contributed by atoms with Gasteiger partial charge in [0, 0.05) is 80.8 Å². The lowest BCUT2D eigenvalue weighted by Crippen LogP contribution is -2.49. The van der Waals surface area contributed by atoms with E-state index < -0.39 is 23.9 Å². The van der Waals surface area contributed by atoms with Crippen LogP contribution in [0, 0.1) is 5.92 Å². The third-order valence-corrected chi connectivity index (χ3v) is 13.1. The SMILES string of the molecule is O=C1CCC(c2coc3cc(NC(=O)CN4CCN(CC5CCC(n6cc(NC(=O)c7cnn8ccc(N9CC%10CC9CO%10)nc78)c(C(F)F)n6)CC5)CC4)ccc23)C(=O)N1. The Morgan fingerprint density at radius 3 is 2.56 bits per heavy atom. The summed E-state index contributed by atoms with van der Waals surface area (Å²) in [5.41, 5.74) is 1.96. The number of piperidine rings is 1. The summed E-state index contributed by atoms with van der Waals surface area (Å²) in [6.07, 6.45) is 8.62. The monoisotopic (exact) mass is 839 g/mol. The van der Waals surface area contributed by atoms with Gasteiger partial charge in [-0.15, -0.1) is 0 Å². The second kappa shape index (κ2) is 16.2. The molecule has 3 unspecified atom stereocenters. The molecular formula is C42H47F2N11O6. The molecule has 10 rings (SSSR count). The van der Waals surface area contributed by atoms with Gasteiger partial charge in [-0.1, -0.05) is 0 Å². The van der Waals surface area contributed by atoms with Crippen molar-refractivity contribution >= 4 is 57.4 Å². The molecule has 19 heteroatoms. The van der Waals surface area contributed by atoms with E-state index in [1.165, 1.54) is 16.9 Å². The first kappa shape index (κ1) is 39.4. The van der Waals surface area contributed by atoms with E-state index in [0.29, 0.717) is 35.9 Å². The van der Waals surface area contributed by atoms with Gasteiger partial charge in [0.25, 0.3) is 12.3 Å². The van der Waals surface area contributed by atoms with Crippen molar-refractivity contribution in [2.24, 2.45) is 5.92 Å². The summed E-state index contributed by atoms with van der Waals surface area (Å²) in [5, 5.41) is 17.4. The van der Waals surface area contributed by atoms with Gasteiger partial charge in [0.2, 0.25) is 17.7 Å². The molecule has 4 amide bonds. The van der Waals surface area contributed by atoms with Crippen molar-refractivity contribution < 1.29 is 37.1 Å². The highest BCUT2D eigenvalue weighted by Crippen LogP contribution is 2.37. The number of carbonyl (C=O) groups excluding carboxylic acids is 4. The van der Waals surface area contributed by atoms with Gasteiger partial charge in [0.15, 0.2) is 11.3 Å². The fourth-order valence-corrected chi connectivity index (χ4v) is 9.78. The molecule has 8 heterocycles. The van der Waals surface area contributed by atoms with Crippen molar-refractivity contribution in [1.29, 1.82) is 0 Å². The van der Waals surface area contributed by atoms with Crippen LogP contribution >= 0.6 is 0 Å². The van der Waals surface area contributed by atoms with E-state index in [2.05, 4.69) is 40.8 Å². The normalized spacial score (nSPS) is 24.9. The van der Waals surface area contributed by atoms with Crippen LogP contribution in [0.5, 0.6) is 0 Å². The summed E-state index contributed by atoms with van der Waals surface area (Å²) < 4.78 is 43.1. The summed E-state index contributed by atoms with van der Waals surface area (Å²) in [7, 11) is 0. The lowest BCUT2D eigenvalue weighted by atomic mass is 9.85. The number of aromatic nitrogens is 5. The van der Waals surface area contributed by atoms with E-state index in [1.54, 1.807) is 29.3 Å². The molecule has 5 fully saturated rings. The molecule has 5 aliphatic rings. The maximum atomic E-state index is 14.3. The van der Waals surface area contributed by atoms with Gasteiger partial charge in [0.05, 0.1) is 55.4 Å². The quantitative estimate of drug-likeness (QED) is 0.160. The second-order valence-corrected chi connectivity index (χ2v) is 17.0. The molecule has 0 radical (unpaired) electrons. The maximum absolute atomic E-state index is 14.3. The highest BCUT2D eigenvalue weighted by molar-refractivity contribution is 6.08. The molecule has 1 aliphatic carbocycles. The van der Waals surface area contributed by atoms with E-state index >= 15 is 0 Å². The van der Waals surface area contributed by atoms with Gasteiger partial charge in [-0.2, -0.15) is 10.2 Å². The summed E-state index contributed by atoms with van der Waals surface area (Å²) in [4.78, 5) is 62.0. The number of alkyl halides is 2. The first-order valence-electron chi connectivity index (χ1n) is 21.1. The molecule has 320 valence electrons. The lowest BCUT2D eigenvalue weighted by Gasteiger charge is -2.38. The second-order valence-electron chi connectivity index (χ2n) is 17.0. The van der Waals surface area contributed by atoms with Crippen LogP contribution in [0.25, 0.3) is 16.6 Å². The number of amides is 4. The van der Waals surface area contributed by atoms with Crippen LogP contribution in [0.15, 0.2) is 53.5 Å². The predicted molar refractivity (Wildman–Crippen MR) is 217 cm³/mol. The molecule has 1 aromatic carbocycles. The number of imide groups is 1. The van der Waals surface area contributed by atoms with Crippen LogP contribution in [0.1, 0.15) is 84.9 Å². The summed E-state index contributed by atoms with van der Waals surface area (Å²) in [5.74, 6) is -0.562. The smallest absolute Gasteiger partial charge is 0.284 e. The molecule has 0 spiro atoms. The fourth-order valence-electron chi connectivity index (χ4n) is 9.78. The Morgan fingerprint density at radius 2 is 1.80 bits per heavy atom. The van der Waals surface area contributed by atoms with E-state index in [9.17, 15) is 28.0 Å². The lowest BCUT2D eigenvalue weighted by molar-refractivity contribution is -0.134. The highest BCUT2D eigenvalue weighted by Gasteiger charge is 2.40. The van der Waals surface area contributed by atoms with Crippen LogP contribution in [-0.2, 0) is 19.1 Å². The number of benzene rings is 1. The molecule has 4 aliphatic heterocycles. The van der Waals surface area contributed by atoms with Crippen molar-refractivity contribution in [3.63, 3.8) is 0 Å². The molecule has 4 aromatic heterocycles. The van der Waals surface area contributed by atoms with Crippen molar-refractivity contribution in [2.45, 2.75) is 75.5 Å². The van der Waals surface area contributed by atoms with Gasteiger partial charge < -0.3 is 29.6 Å². The van der Waals surface area contributed by atoms with Crippen molar-refractivity contribution in [1.82, 2.24) is 39.5 Å². The van der Waals surface area contributed by atoms with Crippen LogP contribution in [0.2, 0.25) is 0 Å². The van der Waals surface area contributed by atoms with E-state index in [0.717, 1.165) is 88.1 Å². The summed E-state index contributed by atoms with van der Waals surface area (Å²) in [6.45, 7) is 5.76. The zero-order valence-corrected chi connectivity index (χ0v) is 33.5. The van der Waals surface area contributed by atoms with Crippen LogP contribution in [-0.4, -0.2) is 122 Å². The predicted octanol–water partition coefficient (Wildman–Crippen LogP) is 4.35. The fraction of sp³-hybridized carbons (Fsp3) is 0.500. The number of nitrogens with zero attached hydrogens (tertiary/aromatic N) is 8. The number of furan rings is 1. The molecule has 5 aromatic rings. The molecule has 1 saturated carbocycles. The van der Waals surface area contributed by atoms with E-state index in [1.807, 2.05) is 12.1 Å². The number of hydrogen-bond donors (Lipinski definition) is 3. The van der Waals surface area contributed by atoms with E-state index in [-0.39, 0.29) is 60.1 Å². The Labute approximate surface area is 348 Å². The third kappa shape index (κ3) is 7.96. The third-order valence-electron chi connectivity index (χ3n) is 13.1. The standard InChI is InChI=1S/C42H47F2N11O6/c43-39(44)38-33(47-42(59)31-17-45-54-10-9-35(48-40(31)54)53-19-28-16-27(53)22-60-28)20-55(50-38)26-4-1-24(2-5-26)18-51-11-13-52(14-12-51)21-37(57)46-25-3-6-29-32(23-61-34(29)15-25)30-7-8-36(56)49-41(30)58/h3,6,9-10,15,17,20,23-24,26-28,30,39H,1-2,4-5,7-8,11-14,16,18-19,21-22H2,(H,46,57)(H,47,59)(H,49,56,58). The molecule has 17 nitrogen and oxygen atoms in total. The highest BCUT2D eigenvalue weighted by atomic mass is 19.3. The molecule has 4 saturated heterocycles. The number of rotatable bonds is 11. The van der Waals surface area contributed by atoms with Crippen LogP contribution < -0.4 is 20.9 Å². The number of ether oxygens (including phenoxy) is 1. The topological polar surface area (TPSA) is 184 Å². The van der Waals surface area contributed by atoms with Crippen molar-refractivity contribution in [3.05, 3.63) is 65.9 Å². The van der Waals surface area contributed by atoms with Gasteiger partial charge in [-0.25, -0.2) is 18.3 Å². The Balaban J connectivity index is 0.689. The minimum atomic E-state index is -2.87. The molecule has 61 heavy (non-hydrogen) atoms. The Kier molecular flexibility index (Phi) is 10.5. The number of hydrogen-bond acceptors (Lipinski definition) is 12. The average Bonchev–Trinajstić information content (AvgIpc) is 4.11. The molecule has 3 atom stereocenters. The summed E-state index contributed by atoms with van der Waals surface area (Å²) >= 11 is 0. The Bertz CT molecular complexity index is 2490. The zero-order valence-electron chi connectivity index (χ0n) is 33.5. The molecule has 2 bridgehead atoms. The van der Waals surface area contributed by atoms with Gasteiger partial charge in [-0.05, 0) is 62.6 Å². The van der Waals surface area contributed by atoms with Crippen LogP contribution in [0.3, 0.4) is 0 Å². The maximum Gasteiger partial charge on any atom is 0.284 e. The minimum Gasteiger partial charge on any atom is -0.464 e. The molecular weight excluding hydrogens is 793 g/mol. The number of halogens is 2. The van der Waals surface area contributed by atoms with Crippen LogP contribution in [0.4, 0.5) is 26.0 Å². The number of fused-ring (bicyclic) bond motifs is 4. The Morgan fingerprint density at radius 1 is 0.984 bits per heavy atom. The van der Waals surface area contributed by atoms with E-state index in [4.69, 9.17) is 14.1 Å². The Hall–Kier alpha value is -5.79. The van der Waals surface area contributed by atoms with Gasteiger partial charge in [0.1, 0.15) is 17.0 Å². The number of carbonyl (C=O) groups is 4. The number of morpholine rings is 1. The van der Waals surface area contributed by atoms with Crippen molar-refractivity contribution in [2.75, 3.05) is 68.0 Å². The first-order valence-corrected chi connectivity index (χ1v) is 21.1. The largest absolute Gasteiger partial charge is 0.464 e. The average molecular weight is 840 g/mol. The summed E-state index contributed by atoms with van der Waals surface area (Å²) in [6, 6.07) is 7.42. The van der Waals surface area contributed by atoms with Gasteiger partial charge >= 0.3 is 0 Å².